The van der Waals surface area contributed by atoms with Gasteiger partial charge in [-0.3, -0.25) is 9.59 Å². The van der Waals surface area contributed by atoms with E-state index in [0.29, 0.717) is 18.4 Å². The fourth-order valence-corrected chi connectivity index (χ4v) is 3.35. The third kappa shape index (κ3) is 3.12. The number of aromatic amines is 1. The Morgan fingerprint density at radius 3 is 2.62 bits per heavy atom. The quantitative estimate of drug-likeness (QED) is 0.705. The summed E-state index contributed by atoms with van der Waals surface area (Å²) in [6.07, 6.45) is 3.72. The predicted octanol–water partition coefficient (Wildman–Crippen LogP) is 2.38. The third-order valence-electron chi connectivity index (χ3n) is 5.23. The maximum atomic E-state index is 14.2. The Balaban J connectivity index is 1.65. The number of nitriles is 1. The molecule has 9 heteroatoms. The maximum Gasteiger partial charge on any atom is 0.252 e. The van der Waals surface area contributed by atoms with Gasteiger partial charge in [0.05, 0.1) is 17.0 Å². The second-order valence-electron chi connectivity index (χ2n) is 7.06. The van der Waals surface area contributed by atoms with Gasteiger partial charge in [-0.25, -0.2) is 18.7 Å². The Bertz CT molecular complexity index is 1230. The Hall–Kier alpha value is -3.67. The van der Waals surface area contributed by atoms with E-state index >= 15 is 0 Å². The standard InChI is InChI=1S/C20H15F2N5O2/c1-10(11-8-24-16(7-23)25-9-11)26-19(29)20(4-5-20)13-6-12-15(27-18(13)28)3-2-14(21)17(12)22/h2-3,6,8-10H,4-5H2,1H3,(H,26,29)(H,27,28)/t10-/m0/s1. The number of H-pyrrole nitrogens is 1. The van der Waals surface area contributed by atoms with Crippen molar-refractivity contribution in [3.63, 3.8) is 0 Å². The number of pyridine rings is 1. The first-order valence-electron chi connectivity index (χ1n) is 8.90. The molecule has 0 bridgehead atoms. The van der Waals surface area contributed by atoms with Crippen LogP contribution in [0.3, 0.4) is 0 Å². The number of aromatic nitrogens is 3. The molecule has 0 radical (unpaired) electrons. The highest BCUT2D eigenvalue weighted by molar-refractivity contribution is 5.93. The number of benzene rings is 1. The van der Waals surface area contributed by atoms with Crippen molar-refractivity contribution in [2.75, 3.05) is 0 Å². The molecule has 1 fully saturated rings. The van der Waals surface area contributed by atoms with Gasteiger partial charge >= 0.3 is 0 Å². The first-order chi connectivity index (χ1) is 13.9. The number of carbonyl (C=O) groups is 1. The molecule has 1 amide bonds. The van der Waals surface area contributed by atoms with Crippen LogP contribution in [0.15, 0.2) is 35.4 Å². The Morgan fingerprint density at radius 2 is 2.00 bits per heavy atom. The number of carbonyl (C=O) groups excluding carboxylic acids is 1. The van der Waals surface area contributed by atoms with Crippen LogP contribution in [-0.4, -0.2) is 20.9 Å². The fraction of sp³-hybridized carbons (Fsp3) is 0.250. The normalized spacial score (nSPS) is 15.5. The summed E-state index contributed by atoms with van der Waals surface area (Å²) in [5.41, 5.74) is -0.742. The van der Waals surface area contributed by atoms with E-state index in [4.69, 9.17) is 5.26 Å². The molecule has 146 valence electrons. The molecular formula is C20H15F2N5O2. The predicted molar refractivity (Wildman–Crippen MR) is 98.7 cm³/mol. The van der Waals surface area contributed by atoms with Gasteiger partial charge in [-0.1, -0.05) is 0 Å². The average molecular weight is 395 g/mol. The summed E-state index contributed by atoms with van der Waals surface area (Å²) >= 11 is 0. The highest BCUT2D eigenvalue weighted by Gasteiger charge is 2.53. The van der Waals surface area contributed by atoms with Crippen LogP contribution in [0.2, 0.25) is 0 Å². The molecule has 3 aromatic rings. The van der Waals surface area contributed by atoms with Crippen LogP contribution in [0, 0.1) is 23.0 Å². The fourth-order valence-electron chi connectivity index (χ4n) is 3.35. The van der Waals surface area contributed by atoms with Gasteiger partial charge in [0.2, 0.25) is 11.7 Å². The van der Waals surface area contributed by atoms with Gasteiger partial charge in [-0.15, -0.1) is 0 Å². The molecule has 1 saturated carbocycles. The van der Waals surface area contributed by atoms with E-state index in [-0.39, 0.29) is 22.3 Å². The van der Waals surface area contributed by atoms with E-state index in [1.54, 1.807) is 6.92 Å². The number of hydrogen-bond donors (Lipinski definition) is 2. The minimum absolute atomic E-state index is 0.0166. The molecule has 29 heavy (non-hydrogen) atoms. The molecule has 1 aromatic carbocycles. The Morgan fingerprint density at radius 1 is 1.31 bits per heavy atom. The van der Waals surface area contributed by atoms with Crippen molar-refractivity contribution in [1.82, 2.24) is 20.3 Å². The maximum absolute atomic E-state index is 14.2. The number of nitrogens with zero attached hydrogens (tertiary/aromatic N) is 3. The largest absolute Gasteiger partial charge is 0.349 e. The van der Waals surface area contributed by atoms with Crippen LogP contribution >= 0.6 is 0 Å². The van der Waals surface area contributed by atoms with Gasteiger partial charge in [-0.2, -0.15) is 5.26 Å². The van der Waals surface area contributed by atoms with Crippen LogP contribution in [0.25, 0.3) is 10.9 Å². The number of nitrogens with one attached hydrogen (secondary N) is 2. The number of halogens is 2. The second kappa shape index (κ2) is 6.74. The van der Waals surface area contributed by atoms with Gasteiger partial charge in [0.15, 0.2) is 11.6 Å². The van der Waals surface area contributed by atoms with E-state index in [9.17, 15) is 18.4 Å². The third-order valence-corrected chi connectivity index (χ3v) is 5.23. The van der Waals surface area contributed by atoms with Crippen LogP contribution in [0.1, 0.15) is 42.8 Å². The van der Waals surface area contributed by atoms with Crippen molar-refractivity contribution in [3.05, 3.63) is 69.5 Å². The summed E-state index contributed by atoms with van der Waals surface area (Å²) in [7, 11) is 0. The van der Waals surface area contributed by atoms with E-state index < -0.39 is 34.6 Å². The van der Waals surface area contributed by atoms with Crippen molar-refractivity contribution in [3.8, 4) is 6.07 Å². The second-order valence-corrected chi connectivity index (χ2v) is 7.06. The molecule has 2 N–H and O–H groups in total. The van der Waals surface area contributed by atoms with Crippen molar-refractivity contribution in [1.29, 1.82) is 5.26 Å². The average Bonchev–Trinajstić information content (AvgIpc) is 3.52. The molecule has 2 heterocycles. The van der Waals surface area contributed by atoms with E-state index in [0.717, 1.165) is 6.07 Å². The minimum atomic E-state index is -1.09. The molecule has 1 atom stereocenters. The highest BCUT2D eigenvalue weighted by Crippen LogP contribution is 2.48. The molecule has 0 aliphatic heterocycles. The Labute approximate surface area is 163 Å². The van der Waals surface area contributed by atoms with Gasteiger partial charge in [0, 0.05) is 28.9 Å². The van der Waals surface area contributed by atoms with Crippen LogP contribution < -0.4 is 10.9 Å². The SMILES string of the molecule is C[C@H](NC(=O)C1(c2cc3c(F)c(F)ccc3[nH]c2=O)CC1)c1cnc(C#N)nc1. The highest BCUT2D eigenvalue weighted by atomic mass is 19.2. The summed E-state index contributed by atoms with van der Waals surface area (Å²) < 4.78 is 27.8. The molecule has 0 saturated heterocycles. The number of rotatable bonds is 4. The summed E-state index contributed by atoms with van der Waals surface area (Å²) in [4.78, 5) is 35.8. The zero-order chi connectivity index (χ0) is 20.8. The molecule has 0 spiro atoms. The molecule has 7 nitrogen and oxygen atoms in total. The lowest BCUT2D eigenvalue weighted by atomic mass is 9.94. The first-order valence-corrected chi connectivity index (χ1v) is 8.90. The van der Waals surface area contributed by atoms with Gasteiger partial charge in [0.25, 0.3) is 5.56 Å². The zero-order valence-corrected chi connectivity index (χ0v) is 15.3. The lowest BCUT2D eigenvalue weighted by Crippen LogP contribution is -2.39. The number of amides is 1. The first kappa shape index (κ1) is 18.7. The lowest BCUT2D eigenvalue weighted by molar-refractivity contribution is -0.124. The van der Waals surface area contributed by atoms with Crippen LogP contribution in [0.5, 0.6) is 0 Å². The smallest absolute Gasteiger partial charge is 0.252 e. The van der Waals surface area contributed by atoms with Crippen LogP contribution in [0.4, 0.5) is 8.78 Å². The van der Waals surface area contributed by atoms with Crippen molar-refractivity contribution < 1.29 is 13.6 Å². The van der Waals surface area contributed by atoms with E-state index in [1.165, 1.54) is 24.5 Å². The Kier molecular flexibility index (Phi) is 4.34. The van der Waals surface area contributed by atoms with E-state index in [1.807, 2.05) is 6.07 Å². The summed E-state index contributed by atoms with van der Waals surface area (Å²) in [6, 6.07) is 4.82. The topological polar surface area (TPSA) is 112 Å². The molecule has 1 aliphatic carbocycles. The van der Waals surface area contributed by atoms with Crippen molar-refractivity contribution in [2.24, 2.45) is 0 Å². The van der Waals surface area contributed by atoms with Crippen molar-refractivity contribution in [2.45, 2.75) is 31.2 Å². The van der Waals surface area contributed by atoms with Crippen LogP contribution in [-0.2, 0) is 10.2 Å². The van der Waals surface area contributed by atoms with E-state index in [2.05, 4.69) is 20.3 Å². The minimum Gasteiger partial charge on any atom is -0.349 e. The van der Waals surface area contributed by atoms with Gasteiger partial charge < -0.3 is 10.3 Å². The monoisotopic (exact) mass is 395 g/mol. The summed E-state index contributed by atoms with van der Waals surface area (Å²) in [5.74, 6) is -2.47. The molecule has 0 unspecified atom stereocenters. The summed E-state index contributed by atoms with van der Waals surface area (Å²) in [6.45, 7) is 1.72. The molecular weight excluding hydrogens is 380 g/mol. The number of hydrogen-bond acceptors (Lipinski definition) is 5. The molecule has 2 aromatic heterocycles. The molecule has 4 rings (SSSR count). The summed E-state index contributed by atoms with van der Waals surface area (Å²) in [5, 5.41) is 11.5. The lowest BCUT2D eigenvalue weighted by Gasteiger charge is -2.20. The van der Waals surface area contributed by atoms with Gasteiger partial charge in [-0.05, 0) is 38.0 Å². The van der Waals surface area contributed by atoms with Gasteiger partial charge in [0.1, 0.15) is 6.07 Å². The number of fused-ring (bicyclic) bond motifs is 1. The zero-order valence-electron chi connectivity index (χ0n) is 15.3. The van der Waals surface area contributed by atoms with Crippen molar-refractivity contribution >= 4 is 16.8 Å². The molecule has 1 aliphatic rings.